The van der Waals surface area contributed by atoms with Crippen LogP contribution in [0.15, 0.2) is 24.3 Å². The zero-order valence-electron chi connectivity index (χ0n) is 11.0. The fraction of sp³-hybridized carbons (Fsp3) is 0.500. The molecule has 3 N–H and O–H groups in total. The van der Waals surface area contributed by atoms with Gasteiger partial charge in [0.1, 0.15) is 17.7 Å². The number of nitrogens with one attached hydrogen (secondary N) is 1. The molecule has 1 atom stereocenters. The lowest BCUT2D eigenvalue weighted by molar-refractivity contribution is -0.123. The van der Waals surface area contributed by atoms with Crippen molar-refractivity contribution in [3.8, 4) is 5.75 Å². The summed E-state index contributed by atoms with van der Waals surface area (Å²) in [6, 6.07) is 5.98. The first-order chi connectivity index (χ1) is 9.03. The Kier molecular flexibility index (Phi) is 4.04. The van der Waals surface area contributed by atoms with Gasteiger partial charge in [0.05, 0.1) is 12.1 Å². The molecule has 19 heavy (non-hydrogen) atoms. The van der Waals surface area contributed by atoms with E-state index in [0.29, 0.717) is 18.7 Å². The number of carbonyl (C=O) groups excluding carboxylic acids is 1. The molecule has 1 saturated carbocycles. The predicted octanol–water partition coefficient (Wildman–Crippen LogP) is 1.59. The molecule has 0 saturated heterocycles. The van der Waals surface area contributed by atoms with Crippen molar-refractivity contribution >= 4 is 5.91 Å². The minimum absolute atomic E-state index is 0.131. The van der Waals surface area contributed by atoms with E-state index in [9.17, 15) is 9.18 Å². The number of nitrogens with two attached hydrogens (primary N) is 1. The van der Waals surface area contributed by atoms with Crippen LogP contribution in [0.1, 0.15) is 26.2 Å². The van der Waals surface area contributed by atoms with Crippen molar-refractivity contribution in [3.05, 3.63) is 30.1 Å². The molecule has 2 rings (SSSR count). The molecule has 0 heterocycles. The Morgan fingerprint density at radius 1 is 1.58 bits per heavy atom. The van der Waals surface area contributed by atoms with Gasteiger partial charge in [-0.15, -0.1) is 0 Å². The third-order valence-electron chi connectivity index (χ3n) is 3.29. The minimum atomic E-state index is -0.669. The van der Waals surface area contributed by atoms with Gasteiger partial charge in [-0.25, -0.2) is 4.39 Å². The van der Waals surface area contributed by atoms with Crippen LogP contribution in [0.5, 0.6) is 5.75 Å². The second kappa shape index (κ2) is 5.57. The van der Waals surface area contributed by atoms with Crippen LogP contribution in [-0.4, -0.2) is 24.1 Å². The molecular formula is C14H19FN2O2. The minimum Gasteiger partial charge on any atom is -0.489 e. The quantitative estimate of drug-likeness (QED) is 0.822. The molecular weight excluding hydrogens is 247 g/mol. The van der Waals surface area contributed by atoms with E-state index in [1.807, 2.05) is 6.92 Å². The summed E-state index contributed by atoms with van der Waals surface area (Å²) in [5, 5.41) is 2.79. The Morgan fingerprint density at radius 3 is 2.89 bits per heavy atom. The molecule has 104 valence electrons. The molecule has 1 aromatic rings. The van der Waals surface area contributed by atoms with Gasteiger partial charge in [0.2, 0.25) is 5.91 Å². The number of hydrogen-bond donors (Lipinski definition) is 2. The van der Waals surface area contributed by atoms with E-state index in [1.165, 1.54) is 12.1 Å². The Bertz CT molecular complexity index is 461. The predicted molar refractivity (Wildman–Crippen MR) is 70.3 cm³/mol. The zero-order valence-corrected chi connectivity index (χ0v) is 11.0. The summed E-state index contributed by atoms with van der Waals surface area (Å²) in [4.78, 5) is 11.7. The van der Waals surface area contributed by atoms with E-state index in [-0.39, 0.29) is 17.8 Å². The average Bonchev–Trinajstić information content (AvgIpc) is 3.13. The van der Waals surface area contributed by atoms with E-state index in [0.717, 1.165) is 12.8 Å². The fourth-order valence-corrected chi connectivity index (χ4v) is 1.75. The molecule has 0 radical (unpaired) electrons. The van der Waals surface area contributed by atoms with Crippen LogP contribution in [0, 0.1) is 5.82 Å². The molecule has 5 heteroatoms. The molecule has 4 nitrogen and oxygen atoms in total. The summed E-state index contributed by atoms with van der Waals surface area (Å²) in [7, 11) is 0. The Balaban J connectivity index is 1.84. The van der Waals surface area contributed by atoms with Crippen LogP contribution >= 0.6 is 0 Å². The van der Waals surface area contributed by atoms with Gasteiger partial charge in [-0.3, -0.25) is 4.79 Å². The summed E-state index contributed by atoms with van der Waals surface area (Å²) in [5.41, 5.74) is 5.12. The van der Waals surface area contributed by atoms with Gasteiger partial charge in [0.15, 0.2) is 0 Å². The highest BCUT2D eigenvalue weighted by Crippen LogP contribution is 2.32. The van der Waals surface area contributed by atoms with E-state index in [4.69, 9.17) is 10.5 Å². The van der Waals surface area contributed by atoms with Crippen molar-refractivity contribution in [3.63, 3.8) is 0 Å². The number of rotatable bonds is 6. The van der Waals surface area contributed by atoms with Crippen molar-refractivity contribution < 1.29 is 13.9 Å². The van der Waals surface area contributed by atoms with E-state index in [1.54, 1.807) is 12.1 Å². The first-order valence-corrected chi connectivity index (χ1v) is 6.53. The highest BCUT2D eigenvalue weighted by atomic mass is 19.1. The summed E-state index contributed by atoms with van der Waals surface area (Å²) >= 11 is 0. The molecule has 1 aromatic carbocycles. The van der Waals surface area contributed by atoms with Crippen LogP contribution in [0.25, 0.3) is 0 Å². The zero-order chi connectivity index (χ0) is 13.9. The van der Waals surface area contributed by atoms with Gasteiger partial charge in [0, 0.05) is 6.07 Å². The molecule has 0 spiro atoms. The van der Waals surface area contributed by atoms with Gasteiger partial charge in [-0.05, 0) is 31.4 Å². The van der Waals surface area contributed by atoms with Gasteiger partial charge >= 0.3 is 0 Å². The normalized spacial score (nSPS) is 17.6. The molecule has 0 aromatic heterocycles. The van der Waals surface area contributed by atoms with Crippen molar-refractivity contribution in [2.24, 2.45) is 5.73 Å². The van der Waals surface area contributed by atoms with Gasteiger partial charge in [-0.1, -0.05) is 13.0 Å². The number of amides is 1. The van der Waals surface area contributed by atoms with Crippen LogP contribution in [0.2, 0.25) is 0 Å². The molecule has 0 bridgehead atoms. The first-order valence-electron chi connectivity index (χ1n) is 6.53. The van der Waals surface area contributed by atoms with E-state index >= 15 is 0 Å². The Morgan fingerprint density at radius 2 is 2.32 bits per heavy atom. The lowest BCUT2D eigenvalue weighted by Crippen LogP contribution is -2.46. The van der Waals surface area contributed by atoms with Crippen LogP contribution in [0.4, 0.5) is 4.39 Å². The lowest BCUT2D eigenvalue weighted by atomic mass is 10.2. The smallest absolute Gasteiger partial charge is 0.240 e. The number of carbonyl (C=O) groups is 1. The number of hydrogen-bond acceptors (Lipinski definition) is 3. The molecule has 1 amide bonds. The van der Waals surface area contributed by atoms with Gasteiger partial charge in [0.25, 0.3) is 0 Å². The summed E-state index contributed by atoms with van der Waals surface area (Å²) in [6.07, 6.45) is 2.00. The number of halogens is 1. The third-order valence-corrected chi connectivity index (χ3v) is 3.29. The maximum atomic E-state index is 13.0. The maximum absolute atomic E-state index is 13.0. The molecule has 1 unspecified atom stereocenters. The summed E-state index contributed by atoms with van der Waals surface area (Å²) in [5.74, 6) is -0.000875. The second-order valence-electron chi connectivity index (χ2n) is 4.97. The van der Waals surface area contributed by atoms with Crippen molar-refractivity contribution in [2.45, 2.75) is 37.8 Å². The van der Waals surface area contributed by atoms with Crippen LogP contribution < -0.4 is 15.8 Å². The molecule has 0 aliphatic heterocycles. The van der Waals surface area contributed by atoms with Gasteiger partial charge < -0.3 is 15.8 Å². The average molecular weight is 266 g/mol. The van der Waals surface area contributed by atoms with Crippen LogP contribution in [0.3, 0.4) is 0 Å². The van der Waals surface area contributed by atoms with Crippen molar-refractivity contribution in [1.82, 2.24) is 5.32 Å². The summed E-state index contributed by atoms with van der Waals surface area (Å²) in [6.45, 7) is 2.33. The fourth-order valence-electron chi connectivity index (χ4n) is 1.75. The SMILES string of the molecule is CCC(CNC(=O)C1(N)CC1)Oc1cccc(F)c1. The Hall–Kier alpha value is -1.62. The summed E-state index contributed by atoms with van der Waals surface area (Å²) < 4.78 is 18.7. The van der Waals surface area contributed by atoms with E-state index in [2.05, 4.69) is 5.32 Å². The highest BCUT2D eigenvalue weighted by Gasteiger charge is 2.45. The topological polar surface area (TPSA) is 64.4 Å². The lowest BCUT2D eigenvalue weighted by Gasteiger charge is -2.19. The Labute approximate surface area is 112 Å². The molecule has 1 fully saturated rings. The molecule has 1 aliphatic carbocycles. The third kappa shape index (κ3) is 3.67. The monoisotopic (exact) mass is 266 g/mol. The largest absolute Gasteiger partial charge is 0.489 e. The van der Waals surface area contributed by atoms with E-state index < -0.39 is 5.54 Å². The van der Waals surface area contributed by atoms with Crippen molar-refractivity contribution in [2.75, 3.05) is 6.54 Å². The second-order valence-corrected chi connectivity index (χ2v) is 4.97. The highest BCUT2D eigenvalue weighted by molar-refractivity contribution is 5.88. The maximum Gasteiger partial charge on any atom is 0.240 e. The van der Waals surface area contributed by atoms with Crippen molar-refractivity contribution in [1.29, 1.82) is 0 Å². The van der Waals surface area contributed by atoms with Crippen LogP contribution in [-0.2, 0) is 4.79 Å². The number of benzene rings is 1. The standard InChI is InChI=1S/C14H19FN2O2/c1-2-11(9-17-13(18)14(16)6-7-14)19-12-5-3-4-10(15)8-12/h3-5,8,11H,2,6-7,9,16H2,1H3,(H,17,18). The number of ether oxygens (including phenoxy) is 1. The molecule has 1 aliphatic rings. The first kappa shape index (κ1) is 13.8. The van der Waals surface area contributed by atoms with Gasteiger partial charge in [-0.2, -0.15) is 0 Å².